The van der Waals surface area contributed by atoms with Gasteiger partial charge in [-0.3, -0.25) is 4.79 Å². The van der Waals surface area contributed by atoms with Gasteiger partial charge in [-0.25, -0.2) is 14.4 Å². The lowest BCUT2D eigenvalue weighted by Gasteiger charge is -2.33. The van der Waals surface area contributed by atoms with E-state index in [-0.39, 0.29) is 22.3 Å². The summed E-state index contributed by atoms with van der Waals surface area (Å²) in [6.07, 6.45) is 0. The van der Waals surface area contributed by atoms with Crippen molar-refractivity contribution in [3.63, 3.8) is 0 Å². The summed E-state index contributed by atoms with van der Waals surface area (Å²) < 4.78 is 23.1. The van der Waals surface area contributed by atoms with Gasteiger partial charge in [0.15, 0.2) is 5.78 Å². The fourth-order valence-electron chi connectivity index (χ4n) is 10.3. The molecule has 0 saturated carbocycles. The number of aryl methyl sites for hydroxylation is 8. The van der Waals surface area contributed by atoms with Crippen LogP contribution in [0.25, 0.3) is 0 Å². The van der Waals surface area contributed by atoms with Crippen LogP contribution in [0.1, 0.15) is 143 Å². The Bertz CT molecular complexity index is 2750. The highest BCUT2D eigenvalue weighted by Crippen LogP contribution is 2.43. The molecule has 0 spiro atoms. The second-order valence-corrected chi connectivity index (χ2v) is 18.1. The molecule has 330 valence electrons. The highest BCUT2D eigenvalue weighted by atomic mass is 16.5. The quantitative estimate of drug-likeness (QED) is 0.0680. The third-order valence-electron chi connectivity index (χ3n) is 12.3. The van der Waals surface area contributed by atoms with E-state index in [1.165, 1.54) is 18.6 Å². The predicted octanol–water partition coefficient (Wildman–Crippen LogP) is 12.7. The maximum absolute atomic E-state index is 13.6. The zero-order valence-electron chi connectivity index (χ0n) is 39.5. The molecule has 0 radical (unpaired) electrons. The molecule has 0 bridgehead atoms. The van der Waals surface area contributed by atoms with E-state index in [9.17, 15) is 19.2 Å². The summed E-state index contributed by atoms with van der Waals surface area (Å²) in [4.78, 5) is 51.8. The van der Waals surface area contributed by atoms with Gasteiger partial charge in [0.1, 0.15) is 23.0 Å². The van der Waals surface area contributed by atoms with Crippen LogP contribution in [0.2, 0.25) is 0 Å². The molecule has 0 heterocycles. The summed E-state index contributed by atoms with van der Waals surface area (Å²) in [5, 5.41) is 0. The molecule has 0 aliphatic carbocycles. The van der Waals surface area contributed by atoms with Crippen molar-refractivity contribution in [2.75, 3.05) is 7.11 Å². The van der Waals surface area contributed by atoms with Crippen molar-refractivity contribution in [3.8, 4) is 23.0 Å². The normalized spacial score (nSPS) is 11.5. The van der Waals surface area contributed by atoms with Crippen molar-refractivity contribution in [1.82, 2.24) is 0 Å². The van der Waals surface area contributed by atoms with E-state index in [4.69, 9.17) is 18.9 Å². The van der Waals surface area contributed by atoms with E-state index in [0.717, 1.165) is 66.9 Å². The Morgan fingerprint density at radius 1 is 0.375 bits per heavy atom. The fourth-order valence-corrected chi connectivity index (χ4v) is 10.3. The van der Waals surface area contributed by atoms with Crippen molar-refractivity contribution in [3.05, 3.63) is 186 Å². The number of ketones is 1. The smallest absolute Gasteiger partial charge is 0.343 e. The number of carbonyl (C=O) groups excluding carboxylic acids is 4. The van der Waals surface area contributed by atoms with Crippen LogP contribution in [0.4, 0.5) is 0 Å². The average molecular weight is 859 g/mol. The van der Waals surface area contributed by atoms with Crippen molar-refractivity contribution < 1.29 is 38.1 Å². The Hall–Kier alpha value is -6.80. The van der Waals surface area contributed by atoms with Gasteiger partial charge in [0.25, 0.3) is 0 Å². The minimum Gasteiger partial charge on any atom is -0.497 e. The van der Waals surface area contributed by atoms with E-state index in [0.29, 0.717) is 28.4 Å². The number of hydrogen-bond acceptors (Lipinski definition) is 8. The topological polar surface area (TPSA) is 105 Å². The van der Waals surface area contributed by atoms with Crippen molar-refractivity contribution in [2.45, 2.75) is 101 Å². The number of methoxy groups -OCH3 is 1. The molecule has 8 heteroatoms. The second kappa shape index (κ2) is 18.1. The zero-order valence-corrected chi connectivity index (χ0v) is 39.5. The molecule has 6 aromatic rings. The molecule has 0 aliphatic heterocycles. The van der Waals surface area contributed by atoms with Crippen LogP contribution in [0, 0.1) is 55.4 Å². The van der Waals surface area contributed by atoms with E-state index in [1.54, 1.807) is 49.6 Å². The number of benzene rings is 6. The molecular weight excluding hydrogens is 801 g/mol. The molecule has 0 N–H and O–H groups in total. The first-order valence-electron chi connectivity index (χ1n) is 21.4. The third kappa shape index (κ3) is 9.42. The highest BCUT2D eigenvalue weighted by molar-refractivity contribution is 5.97. The standard InChI is InChI=1S/C56H58O8/c1-31-22-44(61-14)23-32(2)48(31)55(10,11)49-35(5)26-46(27-36(49)6)63-53(59)42-16-15-17-43(30-42)54(60)64-47-28-37(7)51(38(8)29-47)56(12,13)50-33(3)24-45(25-34(50)4)62-52(58)41-20-18-40(19-21-41)39(9)57/h15-30H,1-14H3. The second-order valence-electron chi connectivity index (χ2n) is 18.1. The Kier molecular flexibility index (Phi) is 13.2. The monoisotopic (exact) mass is 858 g/mol. The van der Waals surface area contributed by atoms with Crippen molar-refractivity contribution in [2.24, 2.45) is 0 Å². The lowest BCUT2D eigenvalue weighted by molar-refractivity contribution is 0.0721. The average Bonchev–Trinajstić information content (AvgIpc) is 3.19. The number of ether oxygens (including phenoxy) is 4. The number of carbonyl (C=O) groups is 4. The van der Waals surface area contributed by atoms with Crippen LogP contribution < -0.4 is 18.9 Å². The van der Waals surface area contributed by atoms with Crippen LogP contribution in [-0.4, -0.2) is 30.8 Å². The van der Waals surface area contributed by atoms with Gasteiger partial charge in [-0.15, -0.1) is 0 Å². The molecule has 0 aromatic heterocycles. The largest absolute Gasteiger partial charge is 0.497 e. The minimum atomic E-state index is -0.602. The molecule has 0 unspecified atom stereocenters. The molecule has 8 nitrogen and oxygen atoms in total. The summed E-state index contributed by atoms with van der Waals surface area (Å²) >= 11 is 0. The molecular formula is C56H58O8. The van der Waals surface area contributed by atoms with E-state index in [1.807, 2.05) is 77.9 Å². The van der Waals surface area contributed by atoms with Gasteiger partial charge < -0.3 is 18.9 Å². The maximum Gasteiger partial charge on any atom is 0.343 e. The summed E-state index contributed by atoms with van der Waals surface area (Å²) in [5.41, 5.74) is 13.1. The highest BCUT2D eigenvalue weighted by Gasteiger charge is 2.32. The molecule has 64 heavy (non-hydrogen) atoms. The van der Waals surface area contributed by atoms with E-state index < -0.39 is 23.3 Å². The first-order valence-corrected chi connectivity index (χ1v) is 21.4. The maximum atomic E-state index is 13.6. The van der Waals surface area contributed by atoms with Crippen molar-refractivity contribution in [1.29, 1.82) is 0 Å². The third-order valence-corrected chi connectivity index (χ3v) is 12.3. The molecule has 0 atom stereocenters. The summed E-state index contributed by atoms with van der Waals surface area (Å²) in [6, 6.07) is 28.1. The van der Waals surface area contributed by atoms with Crippen molar-refractivity contribution >= 4 is 23.7 Å². The van der Waals surface area contributed by atoms with Crippen LogP contribution in [0.3, 0.4) is 0 Å². The van der Waals surface area contributed by atoms with Gasteiger partial charge >= 0.3 is 17.9 Å². The number of rotatable bonds is 12. The predicted molar refractivity (Wildman–Crippen MR) is 252 cm³/mol. The van der Waals surface area contributed by atoms with Crippen LogP contribution in [-0.2, 0) is 10.8 Å². The number of Topliss-reactive ketones (excluding diaryl/α,β-unsaturated/α-hetero) is 1. The Labute approximate surface area is 377 Å². The molecule has 0 fully saturated rings. The Morgan fingerprint density at radius 2 is 0.641 bits per heavy atom. The molecule has 0 amide bonds. The summed E-state index contributed by atoms with van der Waals surface area (Å²) in [7, 11) is 1.68. The van der Waals surface area contributed by atoms with Gasteiger partial charge in [0, 0.05) is 16.4 Å². The first-order chi connectivity index (χ1) is 30.0. The Balaban J connectivity index is 1.16. The SMILES string of the molecule is COc1cc(C)c(C(C)(C)c2c(C)cc(OC(=O)c3cccc(C(=O)Oc4cc(C)c(C(C)(C)c5c(C)cc(OC(=O)c6ccc(C(C)=O)cc6)cc5C)c(C)c4)c3)cc2C)c(C)c1. The Morgan fingerprint density at radius 3 is 0.922 bits per heavy atom. The molecule has 6 rings (SSSR count). The lowest BCUT2D eigenvalue weighted by Crippen LogP contribution is -2.25. The van der Waals surface area contributed by atoms with E-state index >= 15 is 0 Å². The van der Waals surface area contributed by atoms with E-state index in [2.05, 4.69) is 53.7 Å². The van der Waals surface area contributed by atoms with Crippen LogP contribution >= 0.6 is 0 Å². The van der Waals surface area contributed by atoms with Crippen LogP contribution in [0.5, 0.6) is 23.0 Å². The molecule has 0 saturated heterocycles. The minimum absolute atomic E-state index is 0.0761. The zero-order chi connectivity index (χ0) is 47.0. The van der Waals surface area contributed by atoms with Crippen LogP contribution in [0.15, 0.2) is 97.1 Å². The fraction of sp³-hybridized carbons (Fsp3) is 0.286. The molecule has 0 aliphatic rings. The number of hydrogen-bond donors (Lipinski definition) is 0. The lowest BCUT2D eigenvalue weighted by atomic mass is 9.71. The summed E-state index contributed by atoms with van der Waals surface area (Å²) in [5.74, 6) is 0.287. The number of esters is 3. The van der Waals surface area contributed by atoms with Gasteiger partial charge in [0.2, 0.25) is 0 Å². The van der Waals surface area contributed by atoms with Gasteiger partial charge in [-0.1, -0.05) is 45.9 Å². The first kappa shape index (κ1) is 46.7. The van der Waals surface area contributed by atoms with Gasteiger partial charge in [0.05, 0.1) is 23.8 Å². The molecule has 6 aromatic carbocycles. The summed E-state index contributed by atoms with van der Waals surface area (Å²) in [6.45, 7) is 26.5. The van der Waals surface area contributed by atoms with Gasteiger partial charge in [-0.05, 0) is 208 Å². The van der Waals surface area contributed by atoms with Gasteiger partial charge in [-0.2, -0.15) is 0 Å².